The van der Waals surface area contributed by atoms with E-state index in [-0.39, 0.29) is 24.0 Å². The molecule has 5 nitrogen and oxygen atoms in total. The van der Waals surface area contributed by atoms with Crippen LogP contribution < -0.4 is 10.6 Å². The minimum atomic E-state index is 0. The Balaban J connectivity index is 0.00000312. The predicted molar refractivity (Wildman–Crippen MR) is 116 cm³/mol. The summed E-state index contributed by atoms with van der Waals surface area (Å²) < 4.78 is 0. The Morgan fingerprint density at radius 2 is 2.00 bits per heavy atom. The molecule has 0 saturated heterocycles. The van der Waals surface area contributed by atoms with Gasteiger partial charge >= 0.3 is 0 Å². The maximum atomic E-state index is 4.44. The van der Waals surface area contributed by atoms with Crippen LogP contribution in [0.1, 0.15) is 45.4 Å². The number of aromatic nitrogens is 2. The summed E-state index contributed by atoms with van der Waals surface area (Å²) in [4.78, 5) is 12.1. The van der Waals surface area contributed by atoms with Gasteiger partial charge < -0.3 is 15.6 Å². The van der Waals surface area contributed by atoms with Crippen molar-refractivity contribution < 1.29 is 0 Å². The monoisotopic (exact) mass is 455 g/mol. The smallest absolute Gasteiger partial charge is 0.191 e. The molecule has 1 atom stereocenters. The molecule has 2 aromatic rings. The number of hydrogen-bond donors (Lipinski definition) is 3. The molecular weight excluding hydrogens is 425 g/mol. The lowest BCUT2D eigenvalue weighted by atomic mass is 10.1. The average molecular weight is 455 g/mol. The minimum Gasteiger partial charge on any atom is -0.354 e. The largest absolute Gasteiger partial charge is 0.354 e. The molecule has 0 aliphatic heterocycles. The number of halogens is 1. The van der Waals surface area contributed by atoms with Crippen molar-refractivity contribution in [1.82, 2.24) is 20.6 Å². The molecule has 0 spiro atoms. The van der Waals surface area contributed by atoms with Crippen molar-refractivity contribution in [1.29, 1.82) is 0 Å². The summed E-state index contributed by atoms with van der Waals surface area (Å²) in [6.07, 6.45) is 6.82. The fourth-order valence-corrected chi connectivity index (χ4v) is 2.58. The van der Waals surface area contributed by atoms with Gasteiger partial charge in [0.25, 0.3) is 0 Å². The molecule has 6 heteroatoms. The summed E-state index contributed by atoms with van der Waals surface area (Å²) in [5.74, 6) is 1.71. The van der Waals surface area contributed by atoms with Crippen LogP contribution in [-0.2, 0) is 6.54 Å². The second-order valence-electron chi connectivity index (χ2n) is 6.08. The Hall–Kier alpha value is -1.57. The van der Waals surface area contributed by atoms with Gasteiger partial charge in [0.1, 0.15) is 5.82 Å². The van der Waals surface area contributed by atoms with E-state index in [0.29, 0.717) is 12.6 Å². The van der Waals surface area contributed by atoms with Crippen molar-refractivity contribution in [3.63, 3.8) is 0 Å². The van der Waals surface area contributed by atoms with E-state index in [0.717, 1.165) is 29.5 Å². The molecule has 2 rings (SSSR count). The molecule has 25 heavy (non-hydrogen) atoms. The van der Waals surface area contributed by atoms with Gasteiger partial charge in [-0.15, -0.1) is 24.0 Å². The maximum Gasteiger partial charge on any atom is 0.191 e. The van der Waals surface area contributed by atoms with Crippen LogP contribution in [0.4, 0.5) is 0 Å². The lowest BCUT2D eigenvalue weighted by molar-refractivity contribution is 0.546. The standard InChI is InChI=1S/C19H29N5.HI/c1-4-5-7-10-15(2)23-19(20-3)22-14-18-21-13-17(24-18)16-11-8-6-9-12-16;/h6,8-9,11-13,15H,4-5,7,10,14H2,1-3H3,(H,21,24)(H2,20,22,23);1H. The van der Waals surface area contributed by atoms with E-state index in [2.05, 4.69) is 51.6 Å². The van der Waals surface area contributed by atoms with Gasteiger partial charge in [0.2, 0.25) is 0 Å². The van der Waals surface area contributed by atoms with Crippen molar-refractivity contribution in [3.05, 3.63) is 42.4 Å². The third kappa shape index (κ3) is 7.46. The number of nitrogens with zero attached hydrogens (tertiary/aromatic N) is 2. The normalized spacial score (nSPS) is 12.4. The van der Waals surface area contributed by atoms with Gasteiger partial charge in [-0.25, -0.2) is 4.98 Å². The summed E-state index contributed by atoms with van der Waals surface area (Å²) in [6, 6.07) is 10.6. The molecule has 0 radical (unpaired) electrons. The van der Waals surface area contributed by atoms with Crippen LogP contribution in [0.5, 0.6) is 0 Å². The molecular formula is C19H30IN5. The van der Waals surface area contributed by atoms with Crippen LogP contribution in [0.15, 0.2) is 41.5 Å². The zero-order valence-electron chi connectivity index (χ0n) is 15.4. The Morgan fingerprint density at radius 3 is 2.68 bits per heavy atom. The molecule has 0 fully saturated rings. The molecule has 1 aromatic carbocycles. The second kappa shape index (κ2) is 11.9. The summed E-state index contributed by atoms with van der Waals surface area (Å²) in [6.45, 7) is 5.04. The highest BCUT2D eigenvalue weighted by molar-refractivity contribution is 14.0. The Kier molecular flexibility index (Phi) is 10.2. The molecule has 0 aliphatic rings. The van der Waals surface area contributed by atoms with E-state index in [9.17, 15) is 0 Å². The van der Waals surface area contributed by atoms with Crippen LogP contribution in [0.3, 0.4) is 0 Å². The average Bonchev–Trinajstić information content (AvgIpc) is 3.08. The summed E-state index contributed by atoms with van der Waals surface area (Å²) in [5.41, 5.74) is 2.17. The van der Waals surface area contributed by atoms with Gasteiger partial charge in [-0.1, -0.05) is 56.5 Å². The fraction of sp³-hybridized carbons (Fsp3) is 0.474. The molecule has 1 unspecified atom stereocenters. The number of rotatable bonds is 8. The van der Waals surface area contributed by atoms with Crippen LogP contribution in [0.2, 0.25) is 0 Å². The van der Waals surface area contributed by atoms with Crippen molar-refractivity contribution in [2.45, 2.75) is 52.1 Å². The first-order valence-electron chi connectivity index (χ1n) is 8.79. The first-order chi connectivity index (χ1) is 11.7. The maximum absolute atomic E-state index is 4.44. The minimum absolute atomic E-state index is 0. The quantitative estimate of drug-likeness (QED) is 0.240. The first-order valence-corrected chi connectivity index (χ1v) is 8.79. The van der Waals surface area contributed by atoms with Gasteiger partial charge in [-0.05, 0) is 18.9 Å². The molecule has 0 bridgehead atoms. The lowest BCUT2D eigenvalue weighted by Crippen LogP contribution is -2.42. The van der Waals surface area contributed by atoms with Gasteiger partial charge in [-0.2, -0.15) is 0 Å². The third-order valence-electron chi connectivity index (χ3n) is 3.98. The summed E-state index contributed by atoms with van der Waals surface area (Å²) in [5, 5.41) is 6.75. The summed E-state index contributed by atoms with van der Waals surface area (Å²) in [7, 11) is 1.80. The highest BCUT2D eigenvalue weighted by Crippen LogP contribution is 2.15. The molecule has 0 saturated carbocycles. The number of hydrogen-bond acceptors (Lipinski definition) is 2. The number of aliphatic imine (C=N–C) groups is 1. The van der Waals surface area contributed by atoms with Crippen molar-refractivity contribution in [2.24, 2.45) is 4.99 Å². The second-order valence-corrected chi connectivity index (χ2v) is 6.08. The van der Waals surface area contributed by atoms with E-state index < -0.39 is 0 Å². The van der Waals surface area contributed by atoms with Crippen LogP contribution in [0, 0.1) is 0 Å². The number of benzene rings is 1. The van der Waals surface area contributed by atoms with Crippen molar-refractivity contribution in [3.8, 4) is 11.3 Å². The third-order valence-corrected chi connectivity index (χ3v) is 3.98. The predicted octanol–water partition coefficient (Wildman–Crippen LogP) is 4.33. The van der Waals surface area contributed by atoms with Gasteiger partial charge in [-0.3, -0.25) is 4.99 Å². The highest BCUT2D eigenvalue weighted by atomic mass is 127. The Morgan fingerprint density at radius 1 is 1.24 bits per heavy atom. The molecule has 3 N–H and O–H groups in total. The van der Waals surface area contributed by atoms with Gasteiger partial charge in [0.05, 0.1) is 18.4 Å². The zero-order valence-corrected chi connectivity index (χ0v) is 17.7. The lowest BCUT2D eigenvalue weighted by Gasteiger charge is -2.17. The molecule has 1 heterocycles. The van der Waals surface area contributed by atoms with E-state index in [4.69, 9.17) is 0 Å². The number of nitrogens with one attached hydrogen (secondary N) is 3. The number of imidazole rings is 1. The Bertz CT molecular complexity index is 624. The molecule has 0 aliphatic carbocycles. The molecule has 138 valence electrons. The van der Waals surface area contributed by atoms with Crippen LogP contribution in [0.25, 0.3) is 11.3 Å². The fourth-order valence-electron chi connectivity index (χ4n) is 2.58. The van der Waals surface area contributed by atoms with E-state index >= 15 is 0 Å². The molecule has 1 aromatic heterocycles. The van der Waals surface area contributed by atoms with Gasteiger partial charge in [0, 0.05) is 13.1 Å². The highest BCUT2D eigenvalue weighted by Gasteiger charge is 2.07. The number of guanidine groups is 1. The van der Waals surface area contributed by atoms with E-state index in [1.807, 2.05) is 24.4 Å². The first kappa shape index (κ1) is 21.5. The van der Waals surface area contributed by atoms with E-state index in [1.165, 1.54) is 19.3 Å². The molecule has 0 amide bonds. The number of H-pyrrole nitrogens is 1. The van der Waals surface area contributed by atoms with Crippen molar-refractivity contribution in [2.75, 3.05) is 7.05 Å². The SMILES string of the molecule is CCCCCC(C)NC(=NC)NCc1ncc(-c2ccccc2)[nH]1.I. The van der Waals surface area contributed by atoms with Crippen molar-refractivity contribution >= 4 is 29.9 Å². The Labute approximate surface area is 168 Å². The summed E-state index contributed by atoms with van der Waals surface area (Å²) >= 11 is 0. The number of unbranched alkanes of at least 4 members (excludes halogenated alkanes) is 2. The number of aromatic amines is 1. The van der Waals surface area contributed by atoms with E-state index in [1.54, 1.807) is 7.05 Å². The van der Waals surface area contributed by atoms with Gasteiger partial charge in [0.15, 0.2) is 5.96 Å². The topological polar surface area (TPSA) is 65.1 Å². The van der Waals surface area contributed by atoms with Crippen LogP contribution in [-0.4, -0.2) is 29.0 Å². The zero-order chi connectivity index (χ0) is 17.2. The van der Waals surface area contributed by atoms with Crippen LogP contribution >= 0.6 is 24.0 Å².